The van der Waals surface area contributed by atoms with Crippen molar-refractivity contribution in [2.45, 2.75) is 19.8 Å². The molecular weight excluding hydrogens is 204 g/mol. The Hall–Kier alpha value is -1.77. The fourth-order valence-electron chi connectivity index (χ4n) is 1.62. The van der Waals surface area contributed by atoms with E-state index in [0.29, 0.717) is 0 Å². The number of phenols is 1. The number of hydrogen-bond donors (Lipinski definition) is 2. The second-order valence-electron chi connectivity index (χ2n) is 3.77. The molecule has 1 rings (SSSR count). The summed E-state index contributed by atoms with van der Waals surface area (Å²) in [5, 5.41) is 18.2. The van der Waals surface area contributed by atoms with E-state index in [4.69, 9.17) is 5.11 Å². The summed E-state index contributed by atoms with van der Waals surface area (Å²) in [7, 11) is 0. The molecule has 0 bridgehead atoms. The summed E-state index contributed by atoms with van der Waals surface area (Å²) in [6, 6.07) is 6.64. The summed E-state index contributed by atoms with van der Waals surface area (Å²) in [4.78, 5) is 11.0. The lowest BCUT2D eigenvalue weighted by Crippen LogP contribution is -2.17. The van der Waals surface area contributed by atoms with E-state index in [2.05, 4.69) is 0 Å². The molecule has 0 heterocycles. The van der Waals surface area contributed by atoms with Gasteiger partial charge in [0.25, 0.3) is 0 Å². The summed E-state index contributed by atoms with van der Waals surface area (Å²) in [6.45, 7) is 3.54. The van der Waals surface area contributed by atoms with E-state index in [-0.39, 0.29) is 11.7 Å². The number of carboxylic acids is 1. The number of allylic oxidation sites excluding steroid dienone is 2. The van der Waals surface area contributed by atoms with E-state index in [9.17, 15) is 9.90 Å². The molecular formula is C13H16O3. The van der Waals surface area contributed by atoms with Crippen LogP contribution >= 0.6 is 0 Å². The van der Waals surface area contributed by atoms with Crippen LogP contribution in [0.2, 0.25) is 0 Å². The van der Waals surface area contributed by atoms with E-state index in [1.165, 1.54) is 0 Å². The minimum absolute atomic E-state index is 0.164. The third-order valence-electron chi connectivity index (χ3n) is 2.61. The highest BCUT2D eigenvalue weighted by molar-refractivity contribution is 5.71. The van der Waals surface area contributed by atoms with Crippen molar-refractivity contribution in [3.63, 3.8) is 0 Å². The van der Waals surface area contributed by atoms with E-state index in [1.54, 1.807) is 31.2 Å². The number of carbonyl (C=O) groups is 1. The van der Waals surface area contributed by atoms with Gasteiger partial charge in [-0.3, -0.25) is 4.79 Å². The predicted octanol–water partition coefficient (Wildman–Crippen LogP) is 2.77. The van der Waals surface area contributed by atoms with Crippen LogP contribution in [-0.2, 0) is 4.79 Å². The molecule has 0 amide bonds. The van der Waals surface area contributed by atoms with Crippen molar-refractivity contribution < 1.29 is 15.0 Å². The fourth-order valence-corrected chi connectivity index (χ4v) is 1.62. The summed E-state index contributed by atoms with van der Waals surface area (Å²) in [6.07, 6.45) is 3.71. The van der Waals surface area contributed by atoms with Crippen molar-refractivity contribution >= 4 is 5.97 Å². The minimum Gasteiger partial charge on any atom is -0.508 e. The Morgan fingerprint density at radius 1 is 1.31 bits per heavy atom. The van der Waals surface area contributed by atoms with Gasteiger partial charge in [0.2, 0.25) is 0 Å². The van der Waals surface area contributed by atoms with Gasteiger partial charge < -0.3 is 10.2 Å². The molecule has 1 aromatic rings. The lowest BCUT2D eigenvalue weighted by Gasteiger charge is -2.17. The molecule has 0 aliphatic carbocycles. The van der Waals surface area contributed by atoms with Gasteiger partial charge in [0.1, 0.15) is 5.75 Å². The number of rotatable bonds is 4. The molecule has 0 aliphatic heterocycles. The van der Waals surface area contributed by atoms with Crippen molar-refractivity contribution in [2.24, 2.45) is 5.92 Å². The molecule has 0 radical (unpaired) electrons. The summed E-state index contributed by atoms with van der Waals surface area (Å²) in [5.74, 6) is -1.29. The van der Waals surface area contributed by atoms with Crippen molar-refractivity contribution in [3.8, 4) is 5.75 Å². The SMILES string of the molecule is C/C=C\[C@@H](c1ccc(O)cc1)[C@H](C)C(=O)O. The molecule has 1 aromatic carbocycles. The number of aromatic hydroxyl groups is 1. The fraction of sp³-hybridized carbons (Fsp3) is 0.308. The molecule has 2 N–H and O–H groups in total. The summed E-state index contributed by atoms with van der Waals surface area (Å²) < 4.78 is 0. The third kappa shape index (κ3) is 2.86. The van der Waals surface area contributed by atoms with E-state index in [0.717, 1.165) is 5.56 Å². The van der Waals surface area contributed by atoms with Crippen molar-refractivity contribution in [2.75, 3.05) is 0 Å². The van der Waals surface area contributed by atoms with Gasteiger partial charge in [0.05, 0.1) is 5.92 Å². The van der Waals surface area contributed by atoms with Crippen LogP contribution in [0.3, 0.4) is 0 Å². The smallest absolute Gasteiger partial charge is 0.307 e. The number of hydrogen-bond acceptors (Lipinski definition) is 2. The summed E-state index contributed by atoms with van der Waals surface area (Å²) >= 11 is 0. The molecule has 3 heteroatoms. The van der Waals surface area contributed by atoms with Gasteiger partial charge in [-0.15, -0.1) is 0 Å². The zero-order chi connectivity index (χ0) is 12.1. The van der Waals surface area contributed by atoms with Crippen molar-refractivity contribution in [1.29, 1.82) is 0 Å². The van der Waals surface area contributed by atoms with Crippen LogP contribution in [0.5, 0.6) is 5.75 Å². The molecule has 0 saturated carbocycles. The van der Waals surface area contributed by atoms with Gasteiger partial charge in [-0.25, -0.2) is 0 Å². The second-order valence-corrected chi connectivity index (χ2v) is 3.77. The third-order valence-corrected chi connectivity index (χ3v) is 2.61. The Morgan fingerprint density at radius 3 is 2.31 bits per heavy atom. The molecule has 2 atom stereocenters. The Morgan fingerprint density at radius 2 is 1.88 bits per heavy atom. The van der Waals surface area contributed by atoms with Gasteiger partial charge in [-0.05, 0) is 24.6 Å². The standard InChI is InChI=1S/C13H16O3/c1-3-4-12(9(2)13(15)16)10-5-7-11(14)8-6-10/h3-9,12,14H,1-2H3,(H,15,16)/b4-3-/t9-,12+/m0/s1. The van der Waals surface area contributed by atoms with Gasteiger partial charge >= 0.3 is 5.97 Å². The number of phenolic OH excluding ortho intramolecular Hbond substituents is 1. The highest BCUT2D eigenvalue weighted by Gasteiger charge is 2.22. The zero-order valence-electron chi connectivity index (χ0n) is 9.42. The van der Waals surface area contributed by atoms with Gasteiger partial charge in [-0.2, -0.15) is 0 Å². The zero-order valence-corrected chi connectivity index (χ0v) is 9.42. The Balaban J connectivity index is 3.02. The maximum Gasteiger partial charge on any atom is 0.307 e. The molecule has 0 aromatic heterocycles. The van der Waals surface area contributed by atoms with Gasteiger partial charge in [0.15, 0.2) is 0 Å². The van der Waals surface area contributed by atoms with E-state index < -0.39 is 11.9 Å². The first-order chi connectivity index (χ1) is 7.56. The van der Waals surface area contributed by atoms with Crippen LogP contribution in [0.4, 0.5) is 0 Å². The topological polar surface area (TPSA) is 57.5 Å². The van der Waals surface area contributed by atoms with Crippen LogP contribution in [0.25, 0.3) is 0 Å². The van der Waals surface area contributed by atoms with Gasteiger partial charge in [-0.1, -0.05) is 31.2 Å². The van der Waals surface area contributed by atoms with Crippen LogP contribution in [0.1, 0.15) is 25.3 Å². The normalized spacial score (nSPS) is 14.9. The van der Waals surface area contributed by atoms with Crippen LogP contribution < -0.4 is 0 Å². The maximum absolute atomic E-state index is 11.0. The molecule has 0 spiro atoms. The molecule has 0 unspecified atom stereocenters. The monoisotopic (exact) mass is 220 g/mol. The Bertz CT molecular complexity index is 379. The quantitative estimate of drug-likeness (QED) is 0.767. The lowest BCUT2D eigenvalue weighted by molar-refractivity contribution is -0.141. The number of carboxylic acid groups (broad SMARTS) is 1. The first-order valence-corrected chi connectivity index (χ1v) is 5.20. The second kappa shape index (κ2) is 5.35. The molecule has 0 saturated heterocycles. The Labute approximate surface area is 95.0 Å². The molecule has 16 heavy (non-hydrogen) atoms. The molecule has 0 fully saturated rings. The first-order valence-electron chi connectivity index (χ1n) is 5.20. The van der Waals surface area contributed by atoms with Crippen molar-refractivity contribution in [3.05, 3.63) is 42.0 Å². The average molecular weight is 220 g/mol. The molecule has 3 nitrogen and oxygen atoms in total. The highest BCUT2D eigenvalue weighted by Crippen LogP contribution is 2.27. The Kier molecular flexibility index (Phi) is 4.11. The highest BCUT2D eigenvalue weighted by atomic mass is 16.4. The molecule has 0 aliphatic rings. The average Bonchev–Trinajstić information content (AvgIpc) is 2.26. The van der Waals surface area contributed by atoms with E-state index >= 15 is 0 Å². The molecule has 86 valence electrons. The largest absolute Gasteiger partial charge is 0.508 e. The number of benzene rings is 1. The first kappa shape index (κ1) is 12.3. The summed E-state index contributed by atoms with van der Waals surface area (Å²) in [5.41, 5.74) is 0.894. The van der Waals surface area contributed by atoms with Gasteiger partial charge in [0, 0.05) is 5.92 Å². The van der Waals surface area contributed by atoms with Crippen LogP contribution in [0, 0.1) is 5.92 Å². The van der Waals surface area contributed by atoms with Crippen LogP contribution in [0.15, 0.2) is 36.4 Å². The maximum atomic E-state index is 11.0. The lowest BCUT2D eigenvalue weighted by atomic mass is 9.87. The van der Waals surface area contributed by atoms with E-state index in [1.807, 2.05) is 19.1 Å². The minimum atomic E-state index is -0.823. The number of aliphatic carboxylic acids is 1. The van der Waals surface area contributed by atoms with Crippen molar-refractivity contribution in [1.82, 2.24) is 0 Å². The predicted molar refractivity (Wildman–Crippen MR) is 62.5 cm³/mol. The van der Waals surface area contributed by atoms with Crippen LogP contribution in [-0.4, -0.2) is 16.2 Å².